The minimum atomic E-state index is 0.897. The van der Waals surface area contributed by atoms with Crippen LogP contribution in [0.15, 0.2) is 30.5 Å². The molecule has 18 heavy (non-hydrogen) atoms. The van der Waals surface area contributed by atoms with Gasteiger partial charge in [-0.1, -0.05) is 25.0 Å². The van der Waals surface area contributed by atoms with Crippen LogP contribution in [0.4, 0.5) is 0 Å². The standard InChI is InChI=1S/C16H22N2/c1-17-11-14-7-4-8-16-15(14)9-10-18(16)12-13-5-2-3-6-13/h4,7-10,13,17H,2-3,5-6,11-12H2,1H3. The molecule has 1 heterocycles. The maximum atomic E-state index is 3.25. The summed E-state index contributed by atoms with van der Waals surface area (Å²) in [6.07, 6.45) is 7.94. The van der Waals surface area contributed by atoms with E-state index in [0.717, 1.165) is 12.5 Å². The van der Waals surface area contributed by atoms with Gasteiger partial charge in [0.15, 0.2) is 0 Å². The highest BCUT2D eigenvalue weighted by molar-refractivity contribution is 5.83. The number of hydrogen-bond acceptors (Lipinski definition) is 1. The molecule has 1 aliphatic carbocycles. The quantitative estimate of drug-likeness (QED) is 0.867. The lowest BCUT2D eigenvalue weighted by Crippen LogP contribution is -2.07. The van der Waals surface area contributed by atoms with E-state index in [2.05, 4.69) is 40.3 Å². The average molecular weight is 242 g/mol. The molecule has 0 saturated heterocycles. The molecule has 0 bridgehead atoms. The third-order valence-electron chi connectivity index (χ3n) is 4.20. The highest BCUT2D eigenvalue weighted by Crippen LogP contribution is 2.28. The zero-order valence-electron chi connectivity index (χ0n) is 11.2. The molecule has 1 aromatic heterocycles. The van der Waals surface area contributed by atoms with Gasteiger partial charge < -0.3 is 9.88 Å². The Hall–Kier alpha value is -1.28. The van der Waals surface area contributed by atoms with Crippen molar-refractivity contribution >= 4 is 10.9 Å². The van der Waals surface area contributed by atoms with Crippen molar-refractivity contribution in [2.45, 2.75) is 38.8 Å². The summed E-state index contributed by atoms with van der Waals surface area (Å²) < 4.78 is 2.45. The molecule has 3 rings (SSSR count). The van der Waals surface area contributed by atoms with Crippen molar-refractivity contribution in [3.63, 3.8) is 0 Å². The topological polar surface area (TPSA) is 17.0 Å². The van der Waals surface area contributed by atoms with Crippen LogP contribution in [0.1, 0.15) is 31.2 Å². The first-order chi connectivity index (χ1) is 8.88. The molecule has 96 valence electrons. The number of nitrogens with zero attached hydrogens (tertiary/aromatic N) is 1. The lowest BCUT2D eigenvalue weighted by Gasteiger charge is -2.12. The van der Waals surface area contributed by atoms with Crippen molar-refractivity contribution in [3.05, 3.63) is 36.0 Å². The van der Waals surface area contributed by atoms with Crippen molar-refractivity contribution in [2.24, 2.45) is 5.92 Å². The van der Waals surface area contributed by atoms with E-state index in [-0.39, 0.29) is 0 Å². The molecule has 0 unspecified atom stereocenters. The summed E-state index contributed by atoms with van der Waals surface area (Å²) in [6, 6.07) is 8.93. The molecule has 0 aliphatic heterocycles. The van der Waals surface area contributed by atoms with Gasteiger partial charge in [0, 0.05) is 30.2 Å². The largest absolute Gasteiger partial charge is 0.347 e. The van der Waals surface area contributed by atoms with Gasteiger partial charge in [0.1, 0.15) is 0 Å². The van der Waals surface area contributed by atoms with Crippen LogP contribution in [0, 0.1) is 5.92 Å². The van der Waals surface area contributed by atoms with E-state index in [1.807, 2.05) is 7.05 Å². The second-order valence-electron chi connectivity index (χ2n) is 5.50. The Balaban J connectivity index is 1.90. The van der Waals surface area contributed by atoms with Crippen molar-refractivity contribution in [1.82, 2.24) is 9.88 Å². The monoisotopic (exact) mass is 242 g/mol. The van der Waals surface area contributed by atoms with Crippen LogP contribution < -0.4 is 5.32 Å². The Labute approximate surface area is 109 Å². The van der Waals surface area contributed by atoms with Gasteiger partial charge in [-0.05, 0) is 43.5 Å². The fourth-order valence-corrected chi connectivity index (χ4v) is 3.26. The van der Waals surface area contributed by atoms with E-state index in [4.69, 9.17) is 0 Å². The fourth-order valence-electron chi connectivity index (χ4n) is 3.26. The third-order valence-corrected chi connectivity index (χ3v) is 4.20. The van der Waals surface area contributed by atoms with E-state index >= 15 is 0 Å². The fraction of sp³-hybridized carbons (Fsp3) is 0.500. The van der Waals surface area contributed by atoms with Gasteiger partial charge in [0.2, 0.25) is 0 Å². The lowest BCUT2D eigenvalue weighted by atomic mass is 10.1. The summed E-state index contributed by atoms with van der Waals surface area (Å²) in [4.78, 5) is 0. The van der Waals surface area contributed by atoms with Crippen molar-refractivity contribution in [3.8, 4) is 0 Å². The zero-order chi connectivity index (χ0) is 12.4. The predicted octanol–water partition coefficient (Wildman–Crippen LogP) is 3.55. The molecule has 2 heteroatoms. The molecule has 1 aliphatic rings. The summed E-state index contributed by atoms with van der Waals surface area (Å²) >= 11 is 0. The van der Waals surface area contributed by atoms with E-state index in [1.54, 1.807) is 0 Å². The maximum absolute atomic E-state index is 3.25. The molecule has 1 aromatic carbocycles. The van der Waals surface area contributed by atoms with E-state index in [9.17, 15) is 0 Å². The van der Waals surface area contributed by atoms with Crippen molar-refractivity contribution in [1.29, 1.82) is 0 Å². The van der Waals surface area contributed by atoms with Crippen LogP contribution in [-0.4, -0.2) is 11.6 Å². The molecule has 2 nitrogen and oxygen atoms in total. The lowest BCUT2D eigenvalue weighted by molar-refractivity contribution is 0.466. The number of fused-ring (bicyclic) bond motifs is 1. The third kappa shape index (κ3) is 2.17. The van der Waals surface area contributed by atoms with Crippen LogP contribution in [0.3, 0.4) is 0 Å². The smallest absolute Gasteiger partial charge is 0.0483 e. The van der Waals surface area contributed by atoms with Gasteiger partial charge in [0.05, 0.1) is 0 Å². The molecular weight excluding hydrogens is 220 g/mol. The SMILES string of the molecule is CNCc1cccc2c1ccn2CC1CCCC1. The molecule has 0 amide bonds. The normalized spacial score (nSPS) is 16.7. The van der Waals surface area contributed by atoms with E-state index in [1.165, 1.54) is 48.7 Å². The van der Waals surface area contributed by atoms with Crippen LogP contribution in [0.25, 0.3) is 10.9 Å². The van der Waals surface area contributed by atoms with Crippen LogP contribution in [0.5, 0.6) is 0 Å². The van der Waals surface area contributed by atoms with E-state index in [0.29, 0.717) is 0 Å². The van der Waals surface area contributed by atoms with Gasteiger partial charge >= 0.3 is 0 Å². The Kier molecular flexibility index (Phi) is 3.37. The number of rotatable bonds is 4. The van der Waals surface area contributed by atoms with Gasteiger partial charge in [-0.2, -0.15) is 0 Å². The van der Waals surface area contributed by atoms with Crippen LogP contribution in [0.2, 0.25) is 0 Å². The number of nitrogens with one attached hydrogen (secondary N) is 1. The summed E-state index contributed by atoms with van der Waals surface area (Å²) in [5.74, 6) is 0.897. The van der Waals surface area contributed by atoms with Gasteiger partial charge in [-0.25, -0.2) is 0 Å². The molecule has 1 N–H and O–H groups in total. The van der Waals surface area contributed by atoms with Crippen LogP contribution >= 0.6 is 0 Å². The molecule has 1 saturated carbocycles. The first kappa shape index (κ1) is 11.8. The Morgan fingerprint density at radius 1 is 1.22 bits per heavy atom. The number of benzene rings is 1. The number of hydrogen-bond donors (Lipinski definition) is 1. The summed E-state index contributed by atoms with van der Waals surface area (Å²) in [5.41, 5.74) is 2.80. The Morgan fingerprint density at radius 2 is 2.06 bits per heavy atom. The Bertz CT molecular complexity index is 521. The highest BCUT2D eigenvalue weighted by Gasteiger charge is 2.16. The number of aromatic nitrogens is 1. The van der Waals surface area contributed by atoms with Gasteiger partial charge in [-0.3, -0.25) is 0 Å². The molecule has 0 spiro atoms. The van der Waals surface area contributed by atoms with Crippen LogP contribution in [-0.2, 0) is 13.1 Å². The summed E-state index contributed by atoms with van der Waals surface area (Å²) in [7, 11) is 2.01. The van der Waals surface area contributed by atoms with Crippen molar-refractivity contribution in [2.75, 3.05) is 7.05 Å². The molecule has 0 atom stereocenters. The molecule has 1 fully saturated rings. The van der Waals surface area contributed by atoms with E-state index < -0.39 is 0 Å². The Morgan fingerprint density at radius 3 is 2.83 bits per heavy atom. The minimum Gasteiger partial charge on any atom is -0.347 e. The second kappa shape index (κ2) is 5.15. The molecule has 0 radical (unpaired) electrons. The first-order valence-electron chi connectivity index (χ1n) is 7.10. The highest BCUT2D eigenvalue weighted by atomic mass is 15.0. The first-order valence-corrected chi connectivity index (χ1v) is 7.10. The average Bonchev–Trinajstić information content (AvgIpc) is 3.01. The maximum Gasteiger partial charge on any atom is 0.0483 e. The zero-order valence-corrected chi connectivity index (χ0v) is 11.2. The molecular formula is C16H22N2. The molecule has 2 aromatic rings. The van der Waals surface area contributed by atoms with Gasteiger partial charge in [0.25, 0.3) is 0 Å². The van der Waals surface area contributed by atoms with Crippen molar-refractivity contribution < 1.29 is 0 Å². The second-order valence-corrected chi connectivity index (χ2v) is 5.50. The summed E-state index contributed by atoms with van der Waals surface area (Å²) in [5, 5.41) is 4.66. The van der Waals surface area contributed by atoms with Gasteiger partial charge in [-0.15, -0.1) is 0 Å². The predicted molar refractivity (Wildman–Crippen MR) is 76.7 cm³/mol. The summed E-state index contributed by atoms with van der Waals surface area (Å²) in [6.45, 7) is 2.15. The minimum absolute atomic E-state index is 0.897.